The molecule has 0 spiro atoms. The van der Waals surface area contributed by atoms with Gasteiger partial charge in [0.1, 0.15) is 5.60 Å². The predicted molar refractivity (Wildman–Crippen MR) is 65.3 cm³/mol. The van der Waals surface area contributed by atoms with E-state index in [0.717, 1.165) is 4.47 Å². The van der Waals surface area contributed by atoms with Gasteiger partial charge in [-0.1, -0.05) is 15.9 Å². The Morgan fingerprint density at radius 1 is 1.50 bits per heavy atom. The molecular formula is C12H14BrNO2. The minimum Gasteiger partial charge on any atom is -0.383 e. The third-order valence-corrected chi connectivity index (χ3v) is 3.97. The zero-order valence-electron chi connectivity index (χ0n) is 9.49. The summed E-state index contributed by atoms with van der Waals surface area (Å²) in [5.74, 6) is -0.0403. The quantitative estimate of drug-likeness (QED) is 0.793. The van der Waals surface area contributed by atoms with Gasteiger partial charge in [-0.3, -0.25) is 4.79 Å². The van der Waals surface area contributed by atoms with Gasteiger partial charge in [-0.05, 0) is 37.6 Å². The van der Waals surface area contributed by atoms with Gasteiger partial charge in [0.2, 0.25) is 0 Å². The van der Waals surface area contributed by atoms with Gasteiger partial charge >= 0.3 is 0 Å². The summed E-state index contributed by atoms with van der Waals surface area (Å²) in [5, 5.41) is 10.5. The molecule has 0 bridgehead atoms. The number of hydrogen-bond donors (Lipinski definition) is 1. The van der Waals surface area contributed by atoms with Crippen molar-refractivity contribution in [2.45, 2.75) is 25.5 Å². The lowest BCUT2D eigenvalue weighted by molar-refractivity contribution is -0.0264. The molecule has 1 amide bonds. The second-order valence-electron chi connectivity index (χ2n) is 4.43. The SMILES string of the molecule is CC1N(C)C(=O)c2ccc(Br)cc2C1(C)O. The van der Waals surface area contributed by atoms with Crippen LogP contribution in [0.5, 0.6) is 0 Å². The molecule has 1 aliphatic heterocycles. The highest BCUT2D eigenvalue weighted by Crippen LogP contribution is 2.36. The lowest BCUT2D eigenvalue weighted by Crippen LogP contribution is -2.53. The first-order valence-electron chi connectivity index (χ1n) is 5.15. The fraction of sp³-hybridized carbons (Fsp3) is 0.417. The molecule has 1 aromatic rings. The van der Waals surface area contributed by atoms with Gasteiger partial charge in [0.15, 0.2) is 0 Å². The van der Waals surface area contributed by atoms with Crippen molar-refractivity contribution in [2.24, 2.45) is 0 Å². The Kier molecular flexibility index (Phi) is 2.59. The standard InChI is InChI=1S/C12H14BrNO2/c1-7-12(2,16)10-6-8(13)4-5-9(10)11(15)14(7)3/h4-7,16H,1-3H3. The second kappa shape index (κ2) is 3.57. The first kappa shape index (κ1) is 11.6. The van der Waals surface area contributed by atoms with Gasteiger partial charge < -0.3 is 10.0 Å². The van der Waals surface area contributed by atoms with E-state index < -0.39 is 5.60 Å². The summed E-state index contributed by atoms with van der Waals surface area (Å²) in [6.45, 7) is 3.59. The van der Waals surface area contributed by atoms with Crippen LogP contribution in [0.2, 0.25) is 0 Å². The number of carbonyl (C=O) groups is 1. The van der Waals surface area contributed by atoms with Crippen LogP contribution < -0.4 is 0 Å². The van der Waals surface area contributed by atoms with Gasteiger partial charge in [0.25, 0.3) is 5.91 Å². The van der Waals surface area contributed by atoms with Crippen molar-refractivity contribution in [1.82, 2.24) is 4.90 Å². The number of fused-ring (bicyclic) bond motifs is 1. The van der Waals surface area contributed by atoms with Crippen LogP contribution in [0.15, 0.2) is 22.7 Å². The molecule has 0 saturated carbocycles. The van der Waals surface area contributed by atoms with Crippen LogP contribution in [-0.2, 0) is 5.60 Å². The van der Waals surface area contributed by atoms with E-state index >= 15 is 0 Å². The van der Waals surface area contributed by atoms with Crippen molar-refractivity contribution in [2.75, 3.05) is 7.05 Å². The van der Waals surface area contributed by atoms with Crippen molar-refractivity contribution in [3.05, 3.63) is 33.8 Å². The van der Waals surface area contributed by atoms with Crippen molar-refractivity contribution in [1.29, 1.82) is 0 Å². The molecule has 0 radical (unpaired) electrons. The number of nitrogens with zero attached hydrogens (tertiary/aromatic N) is 1. The monoisotopic (exact) mass is 283 g/mol. The summed E-state index contributed by atoms with van der Waals surface area (Å²) in [6, 6.07) is 5.15. The highest BCUT2D eigenvalue weighted by atomic mass is 79.9. The summed E-state index contributed by atoms with van der Waals surface area (Å²) < 4.78 is 0.871. The molecule has 0 saturated heterocycles. The molecule has 1 aromatic carbocycles. The highest BCUT2D eigenvalue weighted by Gasteiger charge is 2.42. The first-order chi connectivity index (χ1) is 7.35. The van der Waals surface area contributed by atoms with E-state index in [1.807, 2.05) is 19.1 Å². The summed E-state index contributed by atoms with van der Waals surface area (Å²) in [4.78, 5) is 13.6. The molecule has 1 aliphatic rings. The molecular weight excluding hydrogens is 270 g/mol. The number of likely N-dealkylation sites (N-methyl/N-ethyl adjacent to an activating group) is 1. The maximum absolute atomic E-state index is 12.0. The zero-order valence-corrected chi connectivity index (χ0v) is 11.1. The molecule has 0 fully saturated rings. The first-order valence-corrected chi connectivity index (χ1v) is 5.94. The van der Waals surface area contributed by atoms with Crippen LogP contribution in [0, 0.1) is 0 Å². The maximum Gasteiger partial charge on any atom is 0.254 e. The Bertz CT molecular complexity index is 456. The van der Waals surface area contributed by atoms with Crippen molar-refractivity contribution < 1.29 is 9.90 Å². The number of hydrogen-bond acceptors (Lipinski definition) is 2. The van der Waals surface area contributed by atoms with E-state index in [9.17, 15) is 9.90 Å². The number of halogens is 1. The van der Waals surface area contributed by atoms with Crippen LogP contribution in [0.3, 0.4) is 0 Å². The molecule has 4 heteroatoms. The van der Waals surface area contributed by atoms with E-state index in [1.54, 1.807) is 24.9 Å². The Morgan fingerprint density at radius 2 is 2.12 bits per heavy atom. The molecule has 1 N–H and O–H groups in total. The lowest BCUT2D eigenvalue weighted by atomic mass is 9.81. The van der Waals surface area contributed by atoms with E-state index in [1.165, 1.54) is 0 Å². The molecule has 1 heterocycles. The normalized spacial score (nSPS) is 29.2. The average molecular weight is 284 g/mol. The Hall–Kier alpha value is -0.870. The number of rotatable bonds is 0. The molecule has 2 rings (SSSR count). The fourth-order valence-electron chi connectivity index (χ4n) is 2.09. The van der Waals surface area contributed by atoms with Crippen LogP contribution in [0.4, 0.5) is 0 Å². The third kappa shape index (κ3) is 1.48. The fourth-order valence-corrected chi connectivity index (χ4v) is 2.45. The van der Waals surface area contributed by atoms with E-state index in [0.29, 0.717) is 11.1 Å². The number of aliphatic hydroxyl groups is 1. The summed E-state index contributed by atoms with van der Waals surface area (Å²) >= 11 is 3.36. The van der Waals surface area contributed by atoms with E-state index in [-0.39, 0.29) is 11.9 Å². The topological polar surface area (TPSA) is 40.5 Å². The number of amides is 1. The largest absolute Gasteiger partial charge is 0.383 e. The molecule has 2 atom stereocenters. The zero-order chi connectivity index (χ0) is 12.1. The Labute approximate surface area is 103 Å². The summed E-state index contributed by atoms with van der Waals surface area (Å²) in [7, 11) is 1.71. The Balaban J connectivity index is 2.69. The maximum atomic E-state index is 12.0. The van der Waals surface area contributed by atoms with Gasteiger partial charge in [-0.2, -0.15) is 0 Å². The van der Waals surface area contributed by atoms with Crippen LogP contribution in [0.1, 0.15) is 29.8 Å². The van der Waals surface area contributed by atoms with Gasteiger partial charge in [-0.15, -0.1) is 0 Å². The van der Waals surface area contributed by atoms with Crippen molar-refractivity contribution in [3.8, 4) is 0 Å². The average Bonchev–Trinajstić information content (AvgIpc) is 2.24. The Morgan fingerprint density at radius 3 is 2.75 bits per heavy atom. The minimum absolute atomic E-state index is 0.0403. The molecule has 86 valence electrons. The lowest BCUT2D eigenvalue weighted by Gasteiger charge is -2.42. The van der Waals surface area contributed by atoms with Gasteiger partial charge in [-0.25, -0.2) is 0 Å². The molecule has 0 aromatic heterocycles. The molecule has 16 heavy (non-hydrogen) atoms. The van der Waals surface area contributed by atoms with Gasteiger partial charge in [0.05, 0.1) is 6.04 Å². The van der Waals surface area contributed by atoms with Crippen molar-refractivity contribution >= 4 is 21.8 Å². The predicted octanol–water partition coefficient (Wildman–Crippen LogP) is 2.13. The smallest absolute Gasteiger partial charge is 0.254 e. The molecule has 0 aliphatic carbocycles. The number of carbonyl (C=O) groups excluding carboxylic acids is 1. The summed E-state index contributed by atoms with van der Waals surface area (Å²) in [6.07, 6.45) is 0. The van der Waals surface area contributed by atoms with Crippen molar-refractivity contribution in [3.63, 3.8) is 0 Å². The van der Waals surface area contributed by atoms with E-state index in [2.05, 4.69) is 15.9 Å². The van der Waals surface area contributed by atoms with Crippen LogP contribution >= 0.6 is 15.9 Å². The second-order valence-corrected chi connectivity index (χ2v) is 5.35. The minimum atomic E-state index is -1.01. The van der Waals surface area contributed by atoms with Crippen LogP contribution in [0.25, 0.3) is 0 Å². The van der Waals surface area contributed by atoms with E-state index in [4.69, 9.17) is 0 Å². The molecule has 2 unspecified atom stereocenters. The third-order valence-electron chi connectivity index (χ3n) is 3.47. The number of benzene rings is 1. The summed E-state index contributed by atoms with van der Waals surface area (Å²) in [5.41, 5.74) is 0.258. The molecule has 3 nitrogen and oxygen atoms in total. The van der Waals surface area contributed by atoms with Crippen LogP contribution in [-0.4, -0.2) is 29.0 Å². The highest BCUT2D eigenvalue weighted by molar-refractivity contribution is 9.10. The van der Waals surface area contributed by atoms with Gasteiger partial charge in [0, 0.05) is 17.1 Å².